The van der Waals surface area contributed by atoms with Gasteiger partial charge in [0.2, 0.25) is 0 Å². The number of rotatable bonds is 6. The average Bonchev–Trinajstić information content (AvgIpc) is 2.54. The topological polar surface area (TPSA) is 60.5 Å². The molecule has 116 valence electrons. The van der Waals surface area contributed by atoms with Crippen LogP contribution in [0.3, 0.4) is 0 Å². The molecular formula is C16H24N2O3. The van der Waals surface area contributed by atoms with Crippen LogP contribution in [0.25, 0.3) is 0 Å². The van der Waals surface area contributed by atoms with Crippen LogP contribution in [0.4, 0.5) is 5.82 Å². The first-order valence-electron chi connectivity index (χ1n) is 7.66. The van der Waals surface area contributed by atoms with Crippen LogP contribution < -0.4 is 10.1 Å². The van der Waals surface area contributed by atoms with E-state index in [9.17, 15) is 4.79 Å². The van der Waals surface area contributed by atoms with Gasteiger partial charge in [-0.15, -0.1) is 0 Å². The normalized spacial score (nSPS) is 21.6. The zero-order valence-corrected chi connectivity index (χ0v) is 12.8. The molecule has 5 nitrogen and oxygen atoms in total. The first kappa shape index (κ1) is 15.6. The number of carbonyl (C=O) groups is 1. The Labute approximate surface area is 126 Å². The van der Waals surface area contributed by atoms with E-state index in [1.807, 2.05) is 12.1 Å². The maximum absolute atomic E-state index is 11.5. The van der Waals surface area contributed by atoms with Gasteiger partial charge in [-0.1, -0.05) is 6.92 Å². The van der Waals surface area contributed by atoms with Crippen molar-refractivity contribution in [3.63, 3.8) is 0 Å². The lowest BCUT2D eigenvalue weighted by Crippen LogP contribution is -2.30. The van der Waals surface area contributed by atoms with E-state index in [2.05, 4.69) is 17.2 Å². The molecule has 21 heavy (non-hydrogen) atoms. The Morgan fingerprint density at radius 1 is 1.38 bits per heavy atom. The summed E-state index contributed by atoms with van der Waals surface area (Å²) in [7, 11) is 1.46. The molecule has 1 N–H and O–H groups in total. The fourth-order valence-corrected chi connectivity index (χ4v) is 2.66. The van der Waals surface area contributed by atoms with Crippen molar-refractivity contribution in [1.29, 1.82) is 0 Å². The van der Waals surface area contributed by atoms with Gasteiger partial charge >= 0.3 is 5.97 Å². The van der Waals surface area contributed by atoms with Crippen LogP contribution in [0.15, 0.2) is 18.3 Å². The predicted octanol–water partition coefficient (Wildman–Crippen LogP) is 3.01. The van der Waals surface area contributed by atoms with Crippen molar-refractivity contribution in [3.8, 4) is 5.75 Å². The first-order chi connectivity index (χ1) is 10.2. The van der Waals surface area contributed by atoms with Gasteiger partial charge in [0.15, 0.2) is 11.6 Å². The number of nitrogens with zero attached hydrogens (tertiary/aromatic N) is 1. The Balaban J connectivity index is 1.90. The fraction of sp³-hybridized carbons (Fsp3) is 0.625. The number of hydrogen-bond acceptors (Lipinski definition) is 5. The molecule has 2 rings (SSSR count). The number of methoxy groups -OCH3 is 1. The molecular weight excluding hydrogens is 268 g/mol. The van der Waals surface area contributed by atoms with E-state index >= 15 is 0 Å². The van der Waals surface area contributed by atoms with E-state index in [-0.39, 0.29) is 11.9 Å². The predicted molar refractivity (Wildman–Crippen MR) is 81.4 cm³/mol. The van der Waals surface area contributed by atoms with E-state index in [1.165, 1.54) is 7.11 Å². The van der Waals surface area contributed by atoms with Gasteiger partial charge in [0.25, 0.3) is 0 Å². The van der Waals surface area contributed by atoms with Gasteiger partial charge in [-0.25, -0.2) is 4.98 Å². The number of pyridine rings is 1. The summed E-state index contributed by atoms with van der Waals surface area (Å²) in [4.78, 5) is 15.9. The van der Waals surface area contributed by atoms with Crippen molar-refractivity contribution in [1.82, 2.24) is 4.98 Å². The molecule has 0 radical (unpaired) electrons. The van der Waals surface area contributed by atoms with Gasteiger partial charge in [0.1, 0.15) is 0 Å². The third-order valence-electron chi connectivity index (χ3n) is 3.83. The lowest BCUT2D eigenvalue weighted by Gasteiger charge is -2.28. The van der Waals surface area contributed by atoms with Crippen molar-refractivity contribution in [2.45, 2.75) is 45.1 Å². The molecule has 0 bridgehead atoms. The Hall–Kier alpha value is -1.78. The Morgan fingerprint density at radius 3 is 2.81 bits per heavy atom. The molecule has 1 aromatic heterocycles. The molecule has 1 aliphatic carbocycles. The van der Waals surface area contributed by atoms with E-state index in [0.29, 0.717) is 12.6 Å². The van der Waals surface area contributed by atoms with Crippen LogP contribution in [0.2, 0.25) is 0 Å². The van der Waals surface area contributed by atoms with Crippen LogP contribution in [0, 0.1) is 5.92 Å². The molecule has 5 heteroatoms. The third kappa shape index (κ3) is 4.34. The lowest BCUT2D eigenvalue weighted by atomic mass is 9.86. The molecule has 0 amide bonds. The molecule has 0 spiro atoms. The molecule has 1 aliphatic rings. The molecule has 0 aromatic carbocycles. The highest BCUT2D eigenvalue weighted by molar-refractivity contribution is 5.72. The summed E-state index contributed by atoms with van der Waals surface area (Å²) in [6, 6.07) is 4.15. The maximum Gasteiger partial charge on any atom is 0.308 e. The first-order valence-corrected chi connectivity index (χ1v) is 7.66. The van der Waals surface area contributed by atoms with Gasteiger partial charge in [-0.05, 0) is 44.2 Å². The molecule has 0 aliphatic heterocycles. The summed E-state index contributed by atoms with van der Waals surface area (Å²) >= 11 is 0. The number of ether oxygens (including phenoxy) is 2. The minimum atomic E-state index is -0.0849. The molecule has 1 saturated carbocycles. The lowest BCUT2D eigenvalue weighted by molar-refractivity contribution is -0.146. The summed E-state index contributed by atoms with van der Waals surface area (Å²) in [6.07, 6.45) is 6.36. The fourth-order valence-electron chi connectivity index (χ4n) is 2.66. The van der Waals surface area contributed by atoms with Crippen molar-refractivity contribution in [3.05, 3.63) is 18.3 Å². The zero-order chi connectivity index (χ0) is 15.1. The molecule has 1 fully saturated rings. The number of aromatic nitrogens is 1. The van der Waals surface area contributed by atoms with E-state index in [0.717, 1.165) is 43.7 Å². The second kappa shape index (κ2) is 7.86. The number of nitrogens with one attached hydrogen (secondary N) is 1. The number of carbonyl (C=O) groups excluding carboxylic acids is 1. The van der Waals surface area contributed by atoms with Crippen LogP contribution in [-0.2, 0) is 9.53 Å². The standard InChI is InChI=1S/C16H24N2O3/c1-3-11-21-14-5-4-10-17-15(14)18-13-8-6-12(7-9-13)16(19)20-2/h4-5,10,12-13H,3,6-9,11H2,1-2H3,(H,17,18). The molecule has 1 aromatic rings. The highest BCUT2D eigenvalue weighted by Crippen LogP contribution is 2.29. The highest BCUT2D eigenvalue weighted by Gasteiger charge is 2.27. The van der Waals surface area contributed by atoms with Crippen molar-refractivity contribution >= 4 is 11.8 Å². The zero-order valence-electron chi connectivity index (χ0n) is 12.8. The second-order valence-corrected chi connectivity index (χ2v) is 5.41. The summed E-state index contributed by atoms with van der Waals surface area (Å²) in [5.41, 5.74) is 0. The van der Waals surface area contributed by atoms with E-state index in [4.69, 9.17) is 9.47 Å². The minimum absolute atomic E-state index is 0.0487. The summed E-state index contributed by atoms with van der Waals surface area (Å²) in [5, 5.41) is 3.45. The van der Waals surface area contributed by atoms with Gasteiger partial charge in [-0.2, -0.15) is 0 Å². The van der Waals surface area contributed by atoms with E-state index < -0.39 is 0 Å². The SMILES string of the molecule is CCCOc1cccnc1NC1CCC(C(=O)OC)CC1. The van der Waals surface area contributed by atoms with E-state index in [1.54, 1.807) is 6.20 Å². The van der Waals surface area contributed by atoms with Crippen LogP contribution in [-0.4, -0.2) is 30.7 Å². The Morgan fingerprint density at radius 2 is 2.14 bits per heavy atom. The Bertz CT molecular complexity index is 457. The number of esters is 1. The van der Waals surface area contributed by atoms with Gasteiger partial charge in [0.05, 0.1) is 19.6 Å². The summed E-state index contributed by atoms with van der Waals surface area (Å²) in [6.45, 7) is 2.77. The quantitative estimate of drug-likeness (QED) is 0.817. The smallest absolute Gasteiger partial charge is 0.308 e. The van der Waals surface area contributed by atoms with Crippen LogP contribution in [0.1, 0.15) is 39.0 Å². The van der Waals surface area contributed by atoms with Crippen LogP contribution in [0.5, 0.6) is 5.75 Å². The van der Waals surface area contributed by atoms with Crippen LogP contribution >= 0.6 is 0 Å². The molecule has 0 unspecified atom stereocenters. The van der Waals surface area contributed by atoms with Crippen molar-refractivity contribution < 1.29 is 14.3 Å². The molecule has 1 heterocycles. The largest absolute Gasteiger partial charge is 0.490 e. The Kier molecular flexibility index (Phi) is 5.84. The highest BCUT2D eigenvalue weighted by atomic mass is 16.5. The summed E-state index contributed by atoms with van der Waals surface area (Å²) in [5.74, 6) is 1.56. The van der Waals surface area contributed by atoms with Crippen molar-refractivity contribution in [2.75, 3.05) is 19.0 Å². The average molecular weight is 292 g/mol. The molecule has 0 atom stereocenters. The second-order valence-electron chi connectivity index (χ2n) is 5.41. The monoisotopic (exact) mass is 292 g/mol. The van der Waals surface area contributed by atoms with Gasteiger partial charge < -0.3 is 14.8 Å². The third-order valence-corrected chi connectivity index (χ3v) is 3.83. The minimum Gasteiger partial charge on any atom is -0.490 e. The van der Waals surface area contributed by atoms with Crippen molar-refractivity contribution in [2.24, 2.45) is 5.92 Å². The maximum atomic E-state index is 11.5. The van der Waals surface area contributed by atoms with Gasteiger partial charge in [0, 0.05) is 12.2 Å². The van der Waals surface area contributed by atoms with Gasteiger partial charge in [-0.3, -0.25) is 4.79 Å². The molecule has 0 saturated heterocycles. The number of hydrogen-bond donors (Lipinski definition) is 1. The number of anilines is 1. The summed E-state index contributed by atoms with van der Waals surface area (Å²) < 4.78 is 10.5.